The maximum absolute atomic E-state index is 12.4. The van der Waals surface area contributed by atoms with Crippen molar-refractivity contribution < 1.29 is 19.2 Å². The number of amides is 2. The maximum atomic E-state index is 12.4. The van der Waals surface area contributed by atoms with E-state index in [4.69, 9.17) is 4.74 Å². The molecular weight excluding hydrogens is 390 g/mol. The van der Waals surface area contributed by atoms with Crippen LogP contribution in [0.5, 0.6) is 0 Å². The fraction of sp³-hybridized carbons (Fsp3) is 0.300. The third kappa shape index (κ3) is 4.84. The van der Waals surface area contributed by atoms with Gasteiger partial charge in [-0.2, -0.15) is 0 Å². The summed E-state index contributed by atoms with van der Waals surface area (Å²) in [6, 6.07) is 11.1. The van der Waals surface area contributed by atoms with Crippen molar-refractivity contribution in [1.29, 1.82) is 0 Å². The molecule has 0 aromatic heterocycles. The highest BCUT2D eigenvalue weighted by atomic mass is 16.6. The molecule has 1 fully saturated rings. The number of hydrogen-bond acceptors (Lipinski definition) is 7. The number of nitro groups is 1. The van der Waals surface area contributed by atoms with Gasteiger partial charge in [-0.05, 0) is 30.3 Å². The lowest BCUT2D eigenvalue weighted by Gasteiger charge is -2.28. The highest BCUT2D eigenvalue weighted by Gasteiger charge is 2.23. The third-order valence-corrected chi connectivity index (χ3v) is 4.70. The summed E-state index contributed by atoms with van der Waals surface area (Å²) in [4.78, 5) is 39.4. The molecular formula is C20H23N5O5. The quantitative estimate of drug-likeness (QED) is 0.564. The van der Waals surface area contributed by atoms with Crippen LogP contribution in [0.3, 0.4) is 0 Å². The molecule has 10 nitrogen and oxygen atoms in total. The Labute approximate surface area is 173 Å². The Hall–Kier alpha value is -3.66. The Bertz CT molecular complexity index is 956. The van der Waals surface area contributed by atoms with E-state index in [9.17, 15) is 19.7 Å². The number of hydrogen-bond donors (Lipinski definition) is 2. The van der Waals surface area contributed by atoms with Crippen LogP contribution in [0.25, 0.3) is 0 Å². The Morgan fingerprint density at radius 1 is 1.03 bits per heavy atom. The fourth-order valence-electron chi connectivity index (χ4n) is 3.07. The van der Waals surface area contributed by atoms with Crippen molar-refractivity contribution in [3.63, 3.8) is 0 Å². The average molecular weight is 413 g/mol. The fourth-order valence-corrected chi connectivity index (χ4v) is 3.07. The van der Waals surface area contributed by atoms with Gasteiger partial charge in [-0.15, -0.1) is 0 Å². The minimum atomic E-state index is -0.649. The number of hydrazine groups is 1. The van der Waals surface area contributed by atoms with Crippen molar-refractivity contribution in [3.8, 4) is 0 Å². The molecule has 1 heterocycles. The summed E-state index contributed by atoms with van der Waals surface area (Å²) >= 11 is 0. The van der Waals surface area contributed by atoms with Gasteiger partial charge in [0.2, 0.25) is 0 Å². The summed E-state index contributed by atoms with van der Waals surface area (Å²) in [6.07, 6.45) is 0. The predicted molar refractivity (Wildman–Crippen MR) is 112 cm³/mol. The lowest BCUT2D eigenvalue weighted by molar-refractivity contribution is -0.384. The Morgan fingerprint density at radius 3 is 2.27 bits per heavy atom. The van der Waals surface area contributed by atoms with E-state index < -0.39 is 16.7 Å². The van der Waals surface area contributed by atoms with E-state index in [-0.39, 0.29) is 11.3 Å². The van der Waals surface area contributed by atoms with Crippen molar-refractivity contribution in [2.24, 2.45) is 0 Å². The van der Waals surface area contributed by atoms with Gasteiger partial charge in [-0.25, -0.2) is 0 Å². The number of carbonyl (C=O) groups excluding carboxylic acids is 2. The van der Waals surface area contributed by atoms with Crippen molar-refractivity contribution in [2.75, 3.05) is 50.2 Å². The maximum Gasteiger partial charge on any atom is 0.293 e. The highest BCUT2D eigenvalue weighted by molar-refractivity contribution is 6.00. The van der Waals surface area contributed by atoms with Gasteiger partial charge in [0, 0.05) is 50.1 Å². The van der Waals surface area contributed by atoms with Crippen molar-refractivity contribution >= 4 is 28.9 Å². The summed E-state index contributed by atoms with van der Waals surface area (Å²) in [7, 11) is 3.71. The van der Waals surface area contributed by atoms with Crippen molar-refractivity contribution in [1.82, 2.24) is 10.9 Å². The second-order valence-electron chi connectivity index (χ2n) is 6.91. The Morgan fingerprint density at radius 2 is 1.67 bits per heavy atom. The van der Waals surface area contributed by atoms with E-state index in [2.05, 4.69) is 10.9 Å². The number of anilines is 2. The minimum absolute atomic E-state index is 0.0704. The van der Waals surface area contributed by atoms with Crippen LogP contribution in [-0.2, 0) is 4.74 Å². The first kappa shape index (κ1) is 21.1. The van der Waals surface area contributed by atoms with Gasteiger partial charge in [-0.3, -0.25) is 30.6 Å². The van der Waals surface area contributed by atoms with Crippen LogP contribution >= 0.6 is 0 Å². The molecule has 2 amide bonds. The molecule has 0 spiro atoms. The van der Waals surface area contributed by atoms with Crippen LogP contribution in [-0.4, -0.2) is 57.1 Å². The highest BCUT2D eigenvalue weighted by Crippen LogP contribution is 2.29. The standard InChI is InChI=1S/C20H23N5O5/c1-23(2)16-5-3-4-14(12-16)19(26)21-22-20(27)15-6-7-17(18(13-15)25(28)29)24-8-10-30-11-9-24/h3-7,12-13H,8-11H2,1-2H3,(H,21,26)(H,22,27). The molecule has 2 N–H and O–H groups in total. The average Bonchev–Trinajstić information content (AvgIpc) is 2.77. The van der Waals surface area contributed by atoms with Crippen LogP contribution in [0, 0.1) is 10.1 Å². The summed E-state index contributed by atoms with van der Waals surface area (Å²) in [5.74, 6) is -1.14. The molecule has 0 bridgehead atoms. The van der Waals surface area contributed by atoms with Gasteiger partial charge in [0.05, 0.1) is 18.1 Å². The van der Waals surface area contributed by atoms with Gasteiger partial charge in [0.25, 0.3) is 17.5 Å². The van der Waals surface area contributed by atoms with E-state index in [1.54, 1.807) is 24.3 Å². The summed E-state index contributed by atoms with van der Waals surface area (Å²) in [5.41, 5.74) is 6.18. The zero-order valence-corrected chi connectivity index (χ0v) is 16.8. The molecule has 1 aliphatic heterocycles. The van der Waals surface area contributed by atoms with E-state index >= 15 is 0 Å². The molecule has 0 atom stereocenters. The topological polar surface area (TPSA) is 117 Å². The Kier molecular flexibility index (Phi) is 6.48. The molecule has 2 aromatic carbocycles. The smallest absolute Gasteiger partial charge is 0.293 e. The molecule has 10 heteroatoms. The molecule has 1 saturated heterocycles. The lowest BCUT2D eigenvalue weighted by atomic mass is 10.1. The van der Waals surface area contributed by atoms with E-state index in [0.29, 0.717) is 37.6 Å². The van der Waals surface area contributed by atoms with Gasteiger partial charge in [-0.1, -0.05) is 6.07 Å². The molecule has 0 aliphatic carbocycles. The van der Waals surface area contributed by atoms with Crippen molar-refractivity contribution in [2.45, 2.75) is 0 Å². The zero-order valence-electron chi connectivity index (χ0n) is 16.8. The van der Waals surface area contributed by atoms with E-state index in [1.807, 2.05) is 30.0 Å². The van der Waals surface area contributed by atoms with Crippen LogP contribution in [0.1, 0.15) is 20.7 Å². The molecule has 0 radical (unpaired) electrons. The largest absolute Gasteiger partial charge is 0.378 e. The predicted octanol–water partition coefficient (Wildman–Crippen LogP) is 1.57. The monoisotopic (exact) mass is 413 g/mol. The van der Waals surface area contributed by atoms with Gasteiger partial charge in [0.15, 0.2) is 0 Å². The second-order valence-corrected chi connectivity index (χ2v) is 6.91. The summed E-state index contributed by atoms with van der Waals surface area (Å²) < 4.78 is 5.28. The summed E-state index contributed by atoms with van der Waals surface area (Å²) in [6.45, 7) is 2.05. The first-order valence-corrected chi connectivity index (χ1v) is 9.36. The van der Waals surface area contributed by atoms with Crippen LogP contribution in [0.4, 0.5) is 17.1 Å². The first-order chi connectivity index (χ1) is 14.4. The first-order valence-electron chi connectivity index (χ1n) is 9.36. The number of ether oxygens (including phenoxy) is 1. The molecule has 3 rings (SSSR count). The van der Waals surface area contributed by atoms with Crippen LogP contribution < -0.4 is 20.7 Å². The lowest BCUT2D eigenvalue weighted by Crippen LogP contribution is -2.41. The molecule has 2 aromatic rings. The van der Waals surface area contributed by atoms with E-state index in [1.165, 1.54) is 12.1 Å². The Balaban J connectivity index is 1.70. The molecule has 158 valence electrons. The molecule has 30 heavy (non-hydrogen) atoms. The number of nitrogens with zero attached hydrogens (tertiary/aromatic N) is 3. The zero-order chi connectivity index (χ0) is 21.7. The number of rotatable bonds is 5. The van der Waals surface area contributed by atoms with Gasteiger partial charge < -0.3 is 14.5 Å². The molecule has 1 aliphatic rings. The number of nitro benzene ring substituents is 1. The number of carbonyl (C=O) groups is 2. The van der Waals surface area contributed by atoms with E-state index in [0.717, 1.165) is 5.69 Å². The summed E-state index contributed by atoms with van der Waals surface area (Å²) in [5, 5.41) is 11.5. The SMILES string of the molecule is CN(C)c1cccc(C(=O)NNC(=O)c2ccc(N3CCOCC3)c([N+](=O)[O-])c2)c1. The normalized spacial score (nSPS) is 13.5. The third-order valence-electron chi connectivity index (χ3n) is 4.70. The van der Waals surface area contributed by atoms with Crippen LogP contribution in [0.2, 0.25) is 0 Å². The minimum Gasteiger partial charge on any atom is -0.378 e. The number of morpholine rings is 1. The second kappa shape index (κ2) is 9.23. The van der Waals surface area contributed by atoms with Gasteiger partial charge >= 0.3 is 0 Å². The van der Waals surface area contributed by atoms with Crippen LogP contribution in [0.15, 0.2) is 42.5 Å². The molecule has 0 saturated carbocycles. The van der Waals surface area contributed by atoms with Gasteiger partial charge in [0.1, 0.15) is 5.69 Å². The number of benzene rings is 2. The molecule has 0 unspecified atom stereocenters. The van der Waals surface area contributed by atoms with Crippen molar-refractivity contribution in [3.05, 3.63) is 63.7 Å². The number of nitrogens with one attached hydrogen (secondary N) is 2.